The highest BCUT2D eigenvalue weighted by atomic mass is 32.2. The molecule has 0 spiro atoms. The average molecular weight is 474 g/mol. The van der Waals surface area contributed by atoms with Crippen LogP contribution in [0, 0.1) is 5.41 Å². The zero-order valence-electron chi connectivity index (χ0n) is 18.7. The van der Waals surface area contributed by atoms with Gasteiger partial charge in [0, 0.05) is 17.7 Å². The van der Waals surface area contributed by atoms with E-state index in [0.29, 0.717) is 17.9 Å². The number of nitrogens with two attached hydrogens (primary N) is 1. The number of fused-ring (bicyclic) bond motifs is 2. The van der Waals surface area contributed by atoms with E-state index in [9.17, 15) is 9.59 Å². The van der Waals surface area contributed by atoms with Gasteiger partial charge in [0.05, 0.1) is 29.3 Å². The van der Waals surface area contributed by atoms with Crippen molar-refractivity contribution < 1.29 is 14.3 Å². The first-order valence-electron chi connectivity index (χ1n) is 10.8. The summed E-state index contributed by atoms with van der Waals surface area (Å²) in [7, 11) is 1.57. The summed E-state index contributed by atoms with van der Waals surface area (Å²) in [6, 6.07) is 15.1. The minimum absolute atomic E-state index is 0.0748. The highest BCUT2D eigenvalue weighted by Gasteiger charge is 2.54. The van der Waals surface area contributed by atoms with Crippen molar-refractivity contribution in [2.45, 2.75) is 24.0 Å². The molecule has 3 heterocycles. The number of aliphatic imine (C=N–C) groups is 1. The first-order chi connectivity index (χ1) is 16.4. The van der Waals surface area contributed by atoms with Crippen LogP contribution in [-0.2, 0) is 15.0 Å². The van der Waals surface area contributed by atoms with Crippen molar-refractivity contribution in [3.05, 3.63) is 65.9 Å². The van der Waals surface area contributed by atoms with Crippen LogP contribution in [0.25, 0.3) is 16.6 Å². The zero-order valence-corrected chi connectivity index (χ0v) is 19.5. The Balaban J connectivity index is 1.87. The number of nitrogens with one attached hydrogen (secondary N) is 2. The lowest BCUT2D eigenvalue weighted by atomic mass is 9.71. The third kappa shape index (κ3) is 3.15. The lowest BCUT2D eigenvalue weighted by molar-refractivity contribution is -0.123. The molecule has 0 fully saturated rings. The van der Waals surface area contributed by atoms with Gasteiger partial charge >= 0.3 is 0 Å². The van der Waals surface area contributed by atoms with Crippen molar-refractivity contribution in [3.8, 4) is 5.75 Å². The highest BCUT2D eigenvalue weighted by Crippen LogP contribution is 2.52. The maximum Gasteiger partial charge on any atom is 0.275 e. The minimum atomic E-state index is -1.11. The summed E-state index contributed by atoms with van der Waals surface area (Å²) in [5.74, 6) is -0.356. The summed E-state index contributed by atoms with van der Waals surface area (Å²) < 4.78 is 7.23. The standard InChI is InChI=1S/C25H23N5O3S/c1-3-19(34-24(26)27)25(13-28-17-9-8-15(33-2)12-16(17)25)20-21(23(32)29-22(20)31)30-11-10-14-6-4-5-7-18(14)30/h4-13,19H,3H2,1-2H3,(H3,26,27)(H,29,31,32). The predicted octanol–water partition coefficient (Wildman–Crippen LogP) is 3.58. The number of hydrogen-bond donors (Lipinski definition) is 3. The molecule has 8 nitrogen and oxygen atoms in total. The van der Waals surface area contributed by atoms with Gasteiger partial charge in [0.15, 0.2) is 5.17 Å². The number of ether oxygens (including phenoxy) is 1. The monoisotopic (exact) mass is 473 g/mol. The first kappa shape index (κ1) is 22.0. The fraction of sp³-hybridized carbons (Fsp3) is 0.200. The van der Waals surface area contributed by atoms with Crippen LogP contribution < -0.4 is 15.8 Å². The van der Waals surface area contributed by atoms with Gasteiger partial charge in [-0.1, -0.05) is 36.9 Å². The summed E-state index contributed by atoms with van der Waals surface area (Å²) >= 11 is 1.16. The smallest absolute Gasteiger partial charge is 0.275 e. The van der Waals surface area contributed by atoms with E-state index in [1.54, 1.807) is 30.2 Å². The molecule has 0 radical (unpaired) electrons. The fourth-order valence-electron chi connectivity index (χ4n) is 4.93. The number of nitrogens with zero attached hydrogens (tertiary/aromatic N) is 2. The molecule has 172 valence electrons. The summed E-state index contributed by atoms with van der Waals surface area (Å²) in [6.07, 6.45) is 4.08. The van der Waals surface area contributed by atoms with Crippen LogP contribution in [0.5, 0.6) is 5.75 Å². The number of rotatable bonds is 6. The lowest BCUT2D eigenvalue weighted by Gasteiger charge is -2.36. The number of benzene rings is 2. The van der Waals surface area contributed by atoms with Gasteiger partial charge < -0.3 is 15.0 Å². The van der Waals surface area contributed by atoms with Crippen molar-refractivity contribution in [2.75, 3.05) is 7.11 Å². The molecule has 0 aliphatic carbocycles. The Labute approximate surface area is 200 Å². The maximum absolute atomic E-state index is 13.5. The summed E-state index contributed by atoms with van der Waals surface area (Å²) in [5, 5.41) is 11.0. The summed E-state index contributed by atoms with van der Waals surface area (Å²) in [6.45, 7) is 1.97. The molecule has 0 saturated carbocycles. The minimum Gasteiger partial charge on any atom is -0.497 e. The SMILES string of the molecule is CCC(SC(=N)N)C1(C2=C(n3ccc4ccccc43)C(=O)NC2=O)C=Nc2ccc(OC)cc21. The number of carbonyl (C=O) groups is 2. The molecule has 0 saturated heterocycles. The van der Waals surface area contributed by atoms with Gasteiger partial charge in [0.25, 0.3) is 11.8 Å². The van der Waals surface area contributed by atoms with Gasteiger partial charge in [-0.2, -0.15) is 0 Å². The molecular formula is C25H23N5O3S. The van der Waals surface area contributed by atoms with Crippen LogP contribution in [0.4, 0.5) is 5.69 Å². The van der Waals surface area contributed by atoms with E-state index in [1.165, 1.54) is 0 Å². The van der Waals surface area contributed by atoms with Crippen molar-refractivity contribution in [2.24, 2.45) is 10.7 Å². The van der Waals surface area contributed by atoms with E-state index >= 15 is 0 Å². The molecule has 34 heavy (non-hydrogen) atoms. The van der Waals surface area contributed by atoms with E-state index in [0.717, 1.165) is 28.2 Å². The Kier molecular flexibility index (Phi) is 5.28. The number of carbonyl (C=O) groups excluding carboxylic acids is 2. The quantitative estimate of drug-likeness (QED) is 0.287. The number of hydrogen-bond acceptors (Lipinski definition) is 6. The number of amides is 2. The number of imide groups is 1. The van der Waals surface area contributed by atoms with E-state index in [1.807, 2.05) is 49.4 Å². The fourth-order valence-corrected chi connectivity index (χ4v) is 5.90. The van der Waals surface area contributed by atoms with Crippen LogP contribution in [0.1, 0.15) is 18.9 Å². The molecule has 0 bridgehead atoms. The molecule has 2 amide bonds. The Hall–Kier alpha value is -3.85. The van der Waals surface area contributed by atoms with Gasteiger partial charge in [0.1, 0.15) is 11.4 Å². The molecular weight excluding hydrogens is 450 g/mol. The van der Waals surface area contributed by atoms with E-state index in [2.05, 4.69) is 10.3 Å². The molecule has 1 aromatic heterocycles. The Morgan fingerprint density at radius 2 is 2.03 bits per heavy atom. The number of amidine groups is 1. The van der Waals surface area contributed by atoms with Gasteiger partial charge in [-0.15, -0.1) is 0 Å². The number of methoxy groups -OCH3 is 1. The van der Waals surface area contributed by atoms with Crippen LogP contribution in [0.15, 0.2) is 65.3 Å². The Bertz CT molecular complexity index is 1420. The normalized spacial score (nSPS) is 20.1. The highest BCUT2D eigenvalue weighted by molar-refractivity contribution is 8.14. The van der Waals surface area contributed by atoms with Crippen LogP contribution >= 0.6 is 11.8 Å². The number of para-hydroxylation sites is 1. The average Bonchev–Trinajstić information content (AvgIpc) is 3.50. The summed E-state index contributed by atoms with van der Waals surface area (Å²) in [4.78, 5) is 31.4. The molecule has 2 aromatic carbocycles. The van der Waals surface area contributed by atoms with Gasteiger partial charge in [0.2, 0.25) is 0 Å². The van der Waals surface area contributed by atoms with Crippen LogP contribution in [-0.4, -0.2) is 40.1 Å². The van der Waals surface area contributed by atoms with E-state index in [4.69, 9.17) is 15.9 Å². The van der Waals surface area contributed by atoms with Gasteiger partial charge in [-0.3, -0.25) is 25.3 Å². The lowest BCUT2D eigenvalue weighted by Crippen LogP contribution is -2.44. The number of aromatic nitrogens is 1. The molecule has 2 unspecified atom stereocenters. The van der Waals surface area contributed by atoms with Crippen LogP contribution in [0.2, 0.25) is 0 Å². The Morgan fingerprint density at radius 1 is 1.24 bits per heavy atom. The second kappa shape index (κ2) is 8.18. The molecule has 9 heteroatoms. The molecule has 5 rings (SSSR count). The Morgan fingerprint density at radius 3 is 2.76 bits per heavy atom. The third-order valence-corrected chi connectivity index (χ3v) is 7.61. The second-order valence-corrected chi connectivity index (χ2v) is 9.39. The van der Waals surface area contributed by atoms with Gasteiger partial charge in [-0.25, -0.2) is 0 Å². The van der Waals surface area contributed by atoms with Crippen LogP contribution in [0.3, 0.4) is 0 Å². The molecule has 4 N–H and O–H groups in total. The molecule has 2 atom stereocenters. The van der Waals surface area contributed by atoms with E-state index < -0.39 is 17.2 Å². The topological polar surface area (TPSA) is 123 Å². The zero-order chi connectivity index (χ0) is 24.0. The van der Waals surface area contributed by atoms with E-state index in [-0.39, 0.29) is 21.7 Å². The van der Waals surface area contributed by atoms with Crippen molar-refractivity contribution in [3.63, 3.8) is 0 Å². The second-order valence-electron chi connectivity index (χ2n) is 8.14. The molecule has 3 aromatic rings. The number of thioether (sulfide) groups is 1. The first-order valence-corrected chi connectivity index (χ1v) is 11.7. The molecule has 2 aliphatic heterocycles. The third-order valence-electron chi connectivity index (χ3n) is 6.36. The summed E-state index contributed by atoms with van der Waals surface area (Å²) in [5.41, 5.74) is 7.48. The maximum atomic E-state index is 13.5. The predicted molar refractivity (Wildman–Crippen MR) is 135 cm³/mol. The molecule has 2 aliphatic rings. The largest absolute Gasteiger partial charge is 0.497 e. The van der Waals surface area contributed by atoms with Gasteiger partial charge in [-0.05, 0) is 47.7 Å². The van der Waals surface area contributed by atoms with Crippen molar-refractivity contribution in [1.82, 2.24) is 9.88 Å². The van der Waals surface area contributed by atoms with Crippen molar-refractivity contribution in [1.29, 1.82) is 5.41 Å². The van der Waals surface area contributed by atoms with Crippen molar-refractivity contribution >= 4 is 57.2 Å².